The van der Waals surface area contributed by atoms with E-state index in [1.54, 1.807) is 25.2 Å². The standard InChI is InChI=1S/C21H24N4O2S/c1-4-14(2)24-21(28)25-19(26)16-11-9-15(10-12-16)13-23-18-8-6-5-7-17(18)20(27)22-3/h4-12,23H,13H2,1-3H3,(H,22,27)(H2,24,25,26,28)/b14-4-. The SMILES string of the molecule is C/C=C(/C)NC(=S)NC(=O)c1ccc(CNc2ccccc2C(=O)NC)cc1. The third-order valence-electron chi connectivity index (χ3n) is 4.07. The van der Waals surface area contributed by atoms with Gasteiger partial charge in [-0.2, -0.15) is 0 Å². The van der Waals surface area contributed by atoms with Gasteiger partial charge in [0, 0.05) is 30.5 Å². The summed E-state index contributed by atoms with van der Waals surface area (Å²) in [6, 6.07) is 14.5. The van der Waals surface area contributed by atoms with Crippen molar-refractivity contribution in [1.82, 2.24) is 16.0 Å². The molecule has 2 amide bonds. The van der Waals surface area contributed by atoms with Crippen molar-refractivity contribution in [1.29, 1.82) is 0 Å². The molecular weight excluding hydrogens is 372 g/mol. The Morgan fingerprint density at radius 3 is 2.32 bits per heavy atom. The molecule has 0 spiro atoms. The fraction of sp³-hybridized carbons (Fsp3) is 0.190. The summed E-state index contributed by atoms with van der Waals surface area (Å²) < 4.78 is 0. The minimum absolute atomic E-state index is 0.146. The zero-order valence-corrected chi connectivity index (χ0v) is 16.9. The second-order valence-electron chi connectivity index (χ2n) is 6.06. The van der Waals surface area contributed by atoms with Crippen LogP contribution < -0.4 is 21.3 Å². The Morgan fingerprint density at radius 2 is 1.68 bits per heavy atom. The summed E-state index contributed by atoms with van der Waals surface area (Å²) in [5.41, 5.74) is 3.69. The number of carbonyl (C=O) groups is 2. The lowest BCUT2D eigenvalue weighted by atomic mass is 10.1. The number of carbonyl (C=O) groups excluding carboxylic acids is 2. The van der Waals surface area contributed by atoms with Gasteiger partial charge in [0.2, 0.25) is 0 Å². The lowest BCUT2D eigenvalue weighted by Gasteiger charge is -2.12. The third-order valence-corrected chi connectivity index (χ3v) is 4.27. The summed E-state index contributed by atoms with van der Waals surface area (Å²) in [7, 11) is 1.60. The lowest BCUT2D eigenvalue weighted by molar-refractivity contribution is 0.0959. The molecule has 0 radical (unpaired) electrons. The predicted molar refractivity (Wildman–Crippen MR) is 116 cm³/mol. The number of anilines is 1. The second-order valence-corrected chi connectivity index (χ2v) is 6.46. The van der Waals surface area contributed by atoms with E-state index in [0.717, 1.165) is 16.9 Å². The van der Waals surface area contributed by atoms with Gasteiger partial charge in [-0.05, 0) is 55.9 Å². The van der Waals surface area contributed by atoms with E-state index in [2.05, 4.69) is 21.3 Å². The lowest BCUT2D eigenvalue weighted by Crippen LogP contribution is -2.38. The Morgan fingerprint density at radius 1 is 1.00 bits per heavy atom. The second kappa shape index (κ2) is 10.2. The van der Waals surface area contributed by atoms with Crippen molar-refractivity contribution in [3.8, 4) is 0 Å². The predicted octanol–water partition coefficient (Wildman–Crippen LogP) is 3.19. The number of para-hydroxylation sites is 1. The van der Waals surface area contributed by atoms with E-state index in [-0.39, 0.29) is 16.9 Å². The topological polar surface area (TPSA) is 82.3 Å². The molecule has 2 rings (SSSR count). The van der Waals surface area contributed by atoms with Crippen molar-refractivity contribution in [2.24, 2.45) is 0 Å². The Kier molecular flexibility index (Phi) is 7.71. The molecule has 146 valence electrons. The summed E-state index contributed by atoms with van der Waals surface area (Å²) in [4.78, 5) is 24.2. The molecule has 0 bridgehead atoms. The first-order valence-electron chi connectivity index (χ1n) is 8.83. The normalized spacial score (nSPS) is 10.8. The molecule has 28 heavy (non-hydrogen) atoms. The molecule has 2 aromatic carbocycles. The number of amides is 2. The van der Waals surface area contributed by atoms with Crippen molar-refractivity contribution < 1.29 is 9.59 Å². The maximum absolute atomic E-state index is 12.3. The molecule has 0 heterocycles. The largest absolute Gasteiger partial charge is 0.380 e. The average Bonchev–Trinajstić information content (AvgIpc) is 2.71. The number of thiocarbonyl (C=S) groups is 1. The number of benzene rings is 2. The van der Waals surface area contributed by atoms with Gasteiger partial charge in [0.05, 0.1) is 5.56 Å². The Hall–Kier alpha value is -3.19. The highest BCUT2D eigenvalue weighted by Gasteiger charge is 2.10. The molecule has 2 aromatic rings. The number of nitrogens with one attached hydrogen (secondary N) is 4. The van der Waals surface area contributed by atoms with Crippen molar-refractivity contribution in [2.45, 2.75) is 20.4 Å². The Bertz CT molecular complexity index is 892. The molecule has 0 aliphatic heterocycles. The fourth-order valence-corrected chi connectivity index (χ4v) is 2.65. The smallest absolute Gasteiger partial charge is 0.257 e. The first kappa shape index (κ1) is 21.1. The van der Waals surface area contributed by atoms with Crippen LogP contribution in [0.5, 0.6) is 0 Å². The van der Waals surface area contributed by atoms with Gasteiger partial charge in [-0.25, -0.2) is 0 Å². The van der Waals surface area contributed by atoms with E-state index < -0.39 is 0 Å². The molecule has 7 heteroatoms. The minimum atomic E-state index is -0.272. The van der Waals surface area contributed by atoms with Crippen LogP contribution in [0.3, 0.4) is 0 Å². The molecule has 6 nitrogen and oxygen atoms in total. The average molecular weight is 397 g/mol. The van der Waals surface area contributed by atoms with Crippen LogP contribution in [0.25, 0.3) is 0 Å². The van der Waals surface area contributed by atoms with Gasteiger partial charge >= 0.3 is 0 Å². The van der Waals surface area contributed by atoms with Crippen LogP contribution in [0, 0.1) is 0 Å². The van der Waals surface area contributed by atoms with Gasteiger partial charge < -0.3 is 16.0 Å². The van der Waals surface area contributed by atoms with Gasteiger partial charge in [0.1, 0.15) is 0 Å². The monoisotopic (exact) mass is 396 g/mol. The van der Waals surface area contributed by atoms with Crippen LogP contribution in [-0.4, -0.2) is 24.0 Å². The zero-order valence-electron chi connectivity index (χ0n) is 16.1. The Labute approximate surface area is 170 Å². The highest BCUT2D eigenvalue weighted by molar-refractivity contribution is 7.80. The molecule has 0 fully saturated rings. The third kappa shape index (κ3) is 5.92. The summed E-state index contributed by atoms with van der Waals surface area (Å²) >= 11 is 5.11. The van der Waals surface area contributed by atoms with Crippen LogP contribution in [-0.2, 0) is 6.54 Å². The molecule has 0 aliphatic carbocycles. The maximum Gasteiger partial charge on any atom is 0.257 e. The van der Waals surface area contributed by atoms with E-state index in [4.69, 9.17) is 12.2 Å². The quantitative estimate of drug-likeness (QED) is 0.564. The van der Waals surface area contributed by atoms with E-state index in [1.807, 2.05) is 50.3 Å². The summed E-state index contributed by atoms with van der Waals surface area (Å²) in [5, 5.41) is 11.7. The first-order chi connectivity index (χ1) is 13.4. The first-order valence-corrected chi connectivity index (χ1v) is 9.24. The van der Waals surface area contributed by atoms with Crippen LogP contribution in [0.15, 0.2) is 60.3 Å². The van der Waals surface area contributed by atoms with Crippen molar-refractivity contribution in [3.63, 3.8) is 0 Å². The zero-order chi connectivity index (χ0) is 20.5. The highest BCUT2D eigenvalue weighted by Crippen LogP contribution is 2.16. The van der Waals surface area contributed by atoms with Crippen molar-refractivity contribution in [2.75, 3.05) is 12.4 Å². The minimum Gasteiger partial charge on any atom is -0.380 e. The van der Waals surface area contributed by atoms with Crippen molar-refractivity contribution in [3.05, 3.63) is 77.0 Å². The number of allylic oxidation sites excluding steroid dienone is 2. The molecule has 0 aromatic heterocycles. The van der Waals surface area contributed by atoms with Crippen LogP contribution in [0.2, 0.25) is 0 Å². The molecule has 0 saturated heterocycles. The Balaban J connectivity index is 1.97. The fourth-order valence-electron chi connectivity index (χ4n) is 2.40. The molecule has 0 unspecified atom stereocenters. The summed E-state index contributed by atoms with van der Waals surface area (Å²) in [5.74, 6) is -0.418. The van der Waals surface area contributed by atoms with Crippen LogP contribution in [0.4, 0.5) is 5.69 Å². The van der Waals surface area contributed by atoms with Crippen LogP contribution in [0.1, 0.15) is 40.1 Å². The summed E-state index contributed by atoms with van der Waals surface area (Å²) in [6.45, 7) is 4.27. The van der Waals surface area contributed by atoms with E-state index in [9.17, 15) is 9.59 Å². The molecule has 0 saturated carbocycles. The van der Waals surface area contributed by atoms with Gasteiger partial charge in [-0.15, -0.1) is 0 Å². The highest BCUT2D eigenvalue weighted by atomic mass is 32.1. The summed E-state index contributed by atoms with van der Waals surface area (Å²) in [6.07, 6.45) is 1.86. The maximum atomic E-state index is 12.3. The van der Waals surface area contributed by atoms with Gasteiger partial charge in [-0.1, -0.05) is 30.3 Å². The number of hydrogen-bond acceptors (Lipinski definition) is 4. The van der Waals surface area contributed by atoms with Gasteiger partial charge in [-0.3, -0.25) is 14.9 Å². The van der Waals surface area contributed by atoms with Crippen LogP contribution >= 0.6 is 12.2 Å². The molecule has 4 N–H and O–H groups in total. The van der Waals surface area contributed by atoms with E-state index in [1.165, 1.54) is 0 Å². The van der Waals surface area contributed by atoms with Gasteiger partial charge in [0.15, 0.2) is 5.11 Å². The van der Waals surface area contributed by atoms with E-state index >= 15 is 0 Å². The molecule has 0 aliphatic rings. The van der Waals surface area contributed by atoms with E-state index in [0.29, 0.717) is 17.7 Å². The number of hydrogen-bond donors (Lipinski definition) is 4. The molecular formula is C21H24N4O2S. The van der Waals surface area contributed by atoms with Gasteiger partial charge in [0.25, 0.3) is 11.8 Å². The number of rotatable bonds is 6. The van der Waals surface area contributed by atoms with Crippen molar-refractivity contribution >= 4 is 34.8 Å². The molecule has 0 atom stereocenters.